The van der Waals surface area contributed by atoms with Crippen molar-refractivity contribution in [3.63, 3.8) is 0 Å². The van der Waals surface area contributed by atoms with Crippen molar-refractivity contribution in [3.8, 4) is 0 Å². The summed E-state index contributed by atoms with van der Waals surface area (Å²) in [6.07, 6.45) is 5.97. The number of nitrogens with zero attached hydrogens (tertiary/aromatic N) is 1. The van der Waals surface area contributed by atoms with E-state index in [-0.39, 0.29) is 0 Å². The smallest absolute Gasteiger partial charge is 0.0854 e. The van der Waals surface area contributed by atoms with Crippen LogP contribution in [0.5, 0.6) is 0 Å². The second-order valence-corrected chi connectivity index (χ2v) is 2.97. The van der Waals surface area contributed by atoms with E-state index in [1.165, 1.54) is 0 Å². The van der Waals surface area contributed by atoms with Crippen LogP contribution in [-0.2, 0) is 0 Å². The van der Waals surface area contributed by atoms with E-state index in [0.717, 1.165) is 16.8 Å². The van der Waals surface area contributed by atoms with Crippen LogP contribution in [0, 0.1) is 0 Å². The molecule has 1 aliphatic heterocycles. The Hall–Kier alpha value is -0.720. The molecule has 1 nitrogen and oxygen atoms in total. The van der Waals surface area contributed by atoms with E-state index in [1.54, 1.807) is 0 Å². The molecule has 0 amide bonds. The van der Waals surface area contributed by atoms with Gasteiger partial charge in [-0.05, 0) is 35.0 Å². The maximum atomic E-state index is 3.61. The molecule has 0 aliphatic carbocycles. The second kappa shape index (κ2) is 3.61. The number of rotatable bonds is 1. The van der Waals surface area contributed by atoms with Gasteiger partial charge in [-0.1, -0.05) is 12.7 Å². The summed E-state index contributed by atoms with van der Waals surface area (Å²) in [6, 6.07) is 0. The van der Waals surface area contributed by atoms with Crippen LogP contribution in [-0.4, -0.2) is 11.4 Å². The Labute approximate surface area is 75.5 Å². The van der Waals surface area contributed by atoms with Gasteiger partial charge < -0.3 is 4.90 Å². The molecule has 0 spiro atoms. The molecule has 0 bridgehead atoms. The molecular formula is C9H10BrN. The summed E-state index contributed by atoms with van der Waals surface area (Å²) < 4.78 is 1.06. The first-order valence-corrected chi connectivity index (χ1v) is 4.30. The zero-order chi connectivity index (χ0) is 8.27. The van der Waals surface area contributed by atoms with Crippen molar-refractivity contribution in [1.82, 2.24) is 4.90 Å². The van der Waals surface area contributed by atoms with Crippen molar-refractivity contribution in [2.75, 3.05) is 6.54 Å². The molecule has 1 aliphatic rings. The maximum absolute atomic E-state index is 3.61. The molecule has 11 heavy (non-hydrogen) atoms. The van der Waals surface area contributed by atoms with Crippen molar-refractivity contribution in [2.45, 2.75) is 6.92 Å². The van der Waals surface area contributed by atoms with Gasteiger partial charge in [-0.15, -0.1) is 5.73 Å². The Morgan fingerprint density at radius 3 is 2.91 bits per heavy atom. The minimum absolute atomic E-state index is 0.930. The third-order valence-electron chi connectivity index (χ3n) is 1.53. The molecule has 0 fully saturated rings. The van der Waals surface area contributed by atoms with E-state index in [4.69, 9.17) is 0 Å². The molecule has 0 aromatic heterocycles. The van der Waals surface area contributed by atoms with Crippen molar-refractivity contribution in [2.24, 2.45) is 0 Å². The Bertz CT molecular complexity index is 257. The van der Waals surface area contributed by atoms with Crippen LogP contribution in [0.2, 0.25) is 0 Å². The lowest BCUT2D eigenvalue weighted by molar-refractivity contribution is 0.495. The van der Waals surface area contributed by atoms with Gasteiger partial charge in [0, 0.05) is 6.54 Å². The minimum atomic E-state index is 0.930. The van der Waals surface area contributed by atoms with E-state index < -0.39 is 0 Å². The molecule has 1 rings (SSSR count). The highest BCUT2D eigenvalue weighted by molar-refractivity contribution is 9.11. The van der Waals surface area contributed by atoms with E-state index in [1.807, 2.05) is 18.2 Å². The monoisotopic (exact) mass is 211 g/mol. The van der Waals surface area contributed by atoms with Gasteiger partial charge in [-0.3, -0.25) is 0 Å². The summed E-state index contributed by atoms with van der Waals surface area (Å²) in [4.78, 5) is 2.09. The largest absolute Gasteiger partial charge is 0.330 e. The highest BCUT2D eigenvalue weighted by Crippen LogP contribution is 2.21. The lowest BCUT2D eigenvalue weighted by atomic mass is 10.3. The average Bonchev–Trinajstić information content (AvgIpc) is 2.04. The summed E-state index contributed by atoms with van der Waals surface area (Å²) in [5.74, 6) is 0. The fourth-order valence-corrected chi connectivity index (χ4v) is 1.58. The molecule has 2 heteroatoms. The molecule has 1 heterocycles. The van der Waals surface area contributed by atoms with Gasteiger partial charge in [-0.2, -0.15) is 0 Å². The minimum Gasteiger partial charge on any atom is -0.330 e. The second-order valence-electron chi connectivity index (χ2n) is 2.15. The summed E-state index contributed by atoms with van der Waals surface area (Å²) >= 11 is 3.44. The molecule has 0 saturated heterocycles. The Morgan fingerprint density at radius 1 is 1.73 bits per heavy atom. The number of likely N-dealkylation sites (N-methyl/N-ethyl adjacent to an activating group) is 1. The van der Waals surface area contributed by atoms with Gasteiger partial charge in [0.1, 0.15) is 0 Å². The van der Waals surface area contributed by atoms with Crippen molar-refractivity contribution in [3.05, 3.63) is 40.8 Å². The topological polar surface area (TPSA) is 3.24 Å². The van der Waals surface area contributed by atoms with Crippen LogP contribution in [0.15, 0.2) is 40.8 Å². The van der Waals surface area contributed by atoms with Crippen LogP contribution in [0.25, 0.3) is 0 Å². The molecular weight excluding hydrogens is 202 g/mol. The SMILES string of the molecule is C=C=C1C=CC=C(Br)N1CC. The Balaban J connectivity index is 2.97. The van der Waals surface area contributed by atoms with Crippen molar-refractivity contribution >= 4 is 15.9 Å². The fraction of sp³-hybridized carbons (Fsp3) is 0.222. The zero-order valence-electron chi connectivity index (χ0n) is 6.47. The van der Waals surface area contributed by atoms with Gasteiger partial charge in [0.15, 0.2) is 0 Å². The zero-order valence-corrected chi connectivity index (χ0v) is 8.06. The first-order valence-electron chi connectivity index (χ1n) is 3.51. The maximum Gasteiger partial charge on any atom is 0.0854 e. The average molecular weight is 212 g/mol. The van der Waals surface area contributed by atoms with E-state index in [0.29, 0.717) is 0 Å². The normalized spacial score (nSPS) is 16.4. The molecule has 0 aromatic rings. The fourth-order valence-electron chi connectivity index (χ4n) is 0.989. The summed E-state index contributed by atoms with van der Waals surface area (Å²) in [7, 11) is 0. The van der Waals surface area contributed by atoms with Crippen LogP contribution in [0.4, 0.5) is 0 Å². The van der Waals surface area contributed by atoms with Gasteiger partial charge in [0.2, 0.25) is 0 Å². The van der Waals surface area contributed by atoms with E-state index in [9.17, 15) is 0 Å². The Morgan fingerprint density at radius 2 is 2.45 bits per heavy atom. The summed E-state index contributed by atoms with van der Waals surface area (Å²) in [6.45, 7) is 6.63. The predicted octanol–water partition coefficient (Wildman–Crippen LogP) is 2.78. The standard InChI is InChI=1S/C9H10BrN/c1-3-8-6-5-7-9(10)11(8)4-2/h5-7H,1,4H2,2H3. The number of allylic oxidation sites excluding steroid dienone is 3. The molecule has 0 saturated carbocycles. The van der Waals surface area contributed by atoms with E-state index in [2.05, 4.69) is 40.1 Å². The third-order valence-corrected chi connectivity index (χ3v) is 2.23. The number of halogens is 1. The van der Waals surface area contributed by atoms with E-state index >= 15 is 0 Å². The van der Waals surface area contributed by atoms with Gasteiger partial charge in [0.25, 0.3) is 0 Å². The molecule has 58 valence electrons. The molecule has 0 aromatic carbocycles. The van der Waals surface area contributed by atoms with Crippen LogP contribution in [0.1, 0.15) is 6.92 Å². The van der Waals surface area contributed by atoms with Crippen LogP contribution < -0.4 is 0 Å². The van der Waals surface area contributed by atoms with Crippen LogP contribution >= 0.6 is 15.9 Å². The summed E-state index contributed by atoms with van der Waals surface area (Å²) in [5, 5.41) is 0. The van der Waals surface area contributed by atoms with Crippen molar-refractivity contribution < 1.29 is 0 Å². The molecule has 0 atom stereocenters. The summed E-state index contributed by atoms with van der Waals surface area (Å²) in [5.41, 5.74) is 3.89. The molecule has 0 radical (unpaired) electrons. The van der Waals surface area contributed by atoms with Crippen LogP contribution in [0.3, 0.4) is 0 Å². The lowest BCUT2D eigenvalue weighted by Gasteiger charge is -2.23. The van der Waals surface area contributed by atoms with Crippen molar-refractivity contribution in [1.29, 1.82) is 0 Å². The number of hydrogen-bond acceptors (Lipinski definition) is 1. The third kappa shape index (κ3) is 1.65. The van der Waals surface area contributed by atoms with Gasteiger partial charge in [0.05, 0.1) is 10.3 Å². The predicted molar refractivity (Wildman–Crippen MR) is 51.2 cm³/mol. The lowest BCUT2D eigenvalue weighted by Crippen LogP contribution is -2.19. The Kier molecular flexibility index (Phi) is 2.75. The highest BCUT2D eigenvalue weighted by Gasteiger charge is 2.09. The van der Waals surface area contributed by atoms with Gasteiger partial charge >= 0.3 is 0 Å². The molecule has 0 unspecified atom stereocenters. The quantitative estimate of drug-likeness (QED) is 0.477. The first-order chi connectivity index (χ1) is 5.29. The molecule has 0 N–H and O–H groups in total. The first kappa shape index (κ1) is 8.38. The number of hydrogen-bond donors (Lipinski definition) is 0. The highest BCUT2D eigenvalue weighted by atomic mass is 79.9. The van der Waals surface area contributed by atoms with Gasteiger partial charge in [-0.25, -0.2) is 0 Å².